The molecule has 0 radical (unpaired) electrons. The van der Waals surface area contributed by atoms with Crippen LogP contribution >= 0.6 is 11.9 Å². The predicted octanol–water partition coefficient (Wildman–Crippen LogP) is 2.48. The molecule has 0 amide bonds. The third-order valence-electron chi connectivity index (χ3n) is 2.79. The third-order valence-corrected chi connectivity index (χ3v) is 3.64. The average molecular weight is 250 g/mol. The van der Waals surface area contributed by atoms with Gasteiger partial charge in [0.1, 0.15) is 5.75 Å². The van der Waals surface area contributed by atoms with Gasteiger partial charge in [-0.1, -0.05) is 12.1 Å². The number of hydrogen-bond acceptors (Lipinski definition) is 4. The molecule has 0 fully saturated rings. The maximum Gasteiger partial charge on any atom is 0.118 e. The van der Waals surface area contributed by atoms with Gasteiger partial charge in [-0.25, -0.2) is 4.40 Å². The number of benzene rings is 1. The molecule has 1 aliphatic heterocycles. The molecule has 0 spiro atoms. The molecule has 0 bridgehead atoms. The van der Waals surface area contributed by atoms with Crippen molar-refractivity contribution in [3.8, 4) is 5.75 Å². The minimum atomic E-state index is 0.600. The van der Waals surface area contributed by atoms with Crippen molar-refractivity contribution in [1.29, 1.82) is 0 Å². The first-order chi connectivity index (χ1) is 8.28. The summed E-state index contributed by atoms with van der Waals surface area (Å²) in [5, 5.41) is 0. The van der Waals surface area contributed by atoms with Crippen molar-refractivity contribution in [2.75, 3.05) is 26.5 Å². The summed E-state index contributed by atoms with van der Waals surface area (Å²) in [6.07, 6.45) is 2.06. The molecular weight excluding hydrogens is 232 g/mol. The van der Waals surface area contributed by atoms with E-state index in [1.165, 1.54) is 5.56 Å². The van der Waals surface area contributed by atoms with Gasteiger partial charge in [-0.15, -0.1) is 0 Å². The Hall–Kier alpha value is -1.00. The highest BCUT2D eigenvalue weighted by atomic mass is 32.2. The zero-order valence-electron chi connectivity index (χ0n) is 10.3. The molecule has 1 heterocycles. The van der Waals surface area contributed by atoms with E-state index in [1.54, 1.807) is 19.1 Å². The molecule has 0 aliphatic carbocycles. The van der Waals surface area contributed by atoms with Crippen molar-refractivity contribution in [3.05, 3.63) is 29.8 Å². The van der Waals surface area contributed by atoms with Crippen LogP contribution in [0.2, 0.25) is 0 Å². The molecule has 1 aromatic rings. The van der Waals surface area contributed by atoms with E-state index < -0.39 is 0 Å². The van der Waals surface area contributed by atoms with E-state index in [9.17, 15) is 0 Å². The Morgan fingerprint density at radius 2 is 2.18 bits per heavy atom. The fourth-order valence-electron chi connectivity index (χ4n) is 1.92. The summed E-state index contributed by atoms with van der Waals surface area (Å²) < 4.78 is 9.34. The number of methoxy groups -OCH3 is 1. The second kappa shape index (κ2) is 6.07. The van der Waals surface area contributed by atoms with Crippen LogP contribution < -0.4 is 4.74 Å². The highest BCUT2D eigenvalue weighted by Crippen LogP contribution is 2.18. The first-order valence-corrected chi connectivity index (χ1v) is 6.69. The highest BCUT2D eigenvalue weighted by molar-refractivity contribution is 7.98. The molecule has 1 unspecified atom stereocenters. The zero-order valence-corrected chi connectivity index (χ0v) is 11.1. The van der Waals surface area contributed by atoms with E-state index in [-0.39, 0.29) is 0 Å². The van der Waals surface area contributed by atoms with Gasteiger partial charge in [0, 0.05) is 31.0 Å². The van der Waals surface area contributed by atoms with Crippen molar-refractivity contribution < 1.29 is 4.74 Å². The van der Waals surface area contributed by atoms with Gasteiger partial charge in [0.2, 0.25) is 0 Å². The molecule has 17 heavy (non-hydrogen) atoms. The van der Waals surface area contributed by atoms with Gasteiger partial charge in [-0.05, 0) is 36.7 Å². The fraction of sp³-hybridized carbons (Fsp3) is 0.462. The van der Waals surface area contributed by atoms with Crippen LogP contribution in [0.25, 0.3) is 0 Å². The van der Waals surface area contributed by atoms with Gasteiger partial charge in [-0.3, -0.25) is 0 Å². The standard InChI is InChI=1S/C13H18N2OS/c1-15(9-12-7-14-17-10-12)8-11-3-5-13(16-2)6-4-11/h3-7,12H,8-10H2,1-2H3. The van der Waals surface area contributed by atoms with Crippen LogP contribution in [0.5, 0.6) is 5.75 Å². The first kappa shape index (κ1) is 12.5. The van der Waals surface area contributed by atoms with Crippen LogP contribution in [-0.2, 0) is 6.54 Å². The smallest absolute Gasteiger partial charge is 0.118 e. The van der Waals surface area contributed by atoms with E-state index in [2.05, 4.69) is 34.7 Å². The summed E-state index contributed by atoms with van der Waals surface area (Å²) in [4.78, 5) is 2.34. The lowest BCUT2D eigenvalue weighted by Gasteiger charge is -2.19. The van der Waals surface area contributed by atoms with E-state index >= 15 is 0 Å². The third kappa shape index (κ3) is 3.75. The van der Waals surface area contributed by atoms with Crippen molar-refractivity contribution >= 4 is 18.2 Å². The molecule has 4 heteroatoms. The lowest BCUT2D eigenvalue weighted by molar-refractivity contribution is 0.311. The average Bonchev–Trinajstić information content (AvgIpc) is 2.82. The van der Waals surface area contributed by atoms with Crippen LogP contribution in [0, 0.1) is 5.92 Å². The molecule has 0 saturated heterocycles. The molecule has 1 aliphatic rings. The van der Waals surface area contributed by atoms with Gasteiger partial charge in [0.25, 0.3) is 0 Å². The molecule has 2 rings (SSSR count). The molecule has 92 valence electrons. The Morgan fingerprint density at radius 1 is 1.41 bits per heavy atom. The molecule has 1 atom stereocenters. The monoisotopic (exact) mass is 250 g/mol. The minimum Gasteiger partial charge on any atom is -0.497 e. The van der Waals surface area contributed by atoms with Gasteiger partial charge >= 0.3 is 0 Å². The van der Waals surface area contributed by atoms with Gasteiger partial charge in [-0.2, -0.15) is 0 Å². The highest BCUT2D eigenvalue weighted by Gasteiger charge is 2.13. The lowest BCUT2D eigenvalue weighted by atomic mass is 10.1. The molecule has 0 aromatic heterocycles. The van der Waals surface area contributed by atoms with Crippen molar-refractivity contribution in [2.24, 2.45) is 10.3 Å². The Balaban J connectivity index is 1.84. The zero-order chi connectivity index (χ0) is 12.1. The normalized spacial score (nSPS) is 18.9. The number of nitrogens with zero attached hydrogens (tertiary/aromatic N) is 2. The second-order valence-electron chi connectivity index (χ2n) is 4.36. The minimum absolute atomic E-state index is 0.600. The largest absolute Gasteiger partial charge is 0.497 e. The number of ether oxygens (including phenoxy) is 1. The SMILES string of the molecule is COc1ccc(CN(C)CC2C=NSC2)cc1. The molecule has 0 N–H and O–H groups in total. The molecule has 3 nitrogen and oxygen atoms in total. The first-order valence-electron chi connectivity index (χ1n) is 5.75. The number of hydrogen-bond donors (Lipinski definition) is 0. The van der Waals surface area contributed by atoms with E-state index in [0.717, 1.165) is 24.6 Å². The van der Waals surface area contributed by atoms with Crippen LogP contribution in [0.15, 0.2) is 28.7 Å². The quantitative estimate of drug-likeness (QED) is 0.751. The van der Waals surface area contributed by atoms with E-state index in [0.29, 0.717) is 5.92 Å². The molecule has 1 aromatic carbocycles. The van der Waals surface area contributed by atoms with E-state index in [4.69, 9.17) is 4.74 Å². The maximum atomic E-state index is 5.15. The topological polar surface area (TPSA) is 24.8 Å². The van der Waals surface area contributed by atoms with Crippen molar-refractivity contribution in [1.82, 2.24) is 4.90 Å². The van der Waals surface area contributed by atoms with Crippen LogP contribution in [-0.4, -0.2) is 37.6 Å². The summed E-state index contributed by atoms with van der Waals surface area (Å²) in [6.45, 7) is 2.04. The maximum absolute atomic E-state index is 5.15. The Morgan fingerprint density at radius 3 is 2.76 bits per heavy atom. The predicted molar refractivity (Wildman–Crippen MR) is 73.8 cm³/mol. The van der Waals surface area contributed by atoms with Crippen LogP contribution in [0.3, 0.4) is 0 Å². The lowest BCUT2D eigenvalue weighted by Crippen LogP contribution is -2.26. The van der Waals surface area contributed by atoms with Gasteiger partial charge in [0.05, 0.1) is 7.11 Å². The second-order valence-corrected chi connectivity index (χ2v) is 5.16. The van der Waals surface area contributed by atoms with Crippen LogP contribution in [0.4, 0.5) is 0 Å². The summed E-state index contributed by atoms with van der Waals surface area (Å²) in [7, 11) is 3.85. The summed E-state index contributed by atoms with van der Waals surface area (Å²) in [6, 6.07) is 8.26. The Bertz CT molecular complexity index is 378. The fourth-order valence-corrected chi connectivity index (χ4v) is 2.65. The number of rotatable bonds is 5. The van der Waals surface area contributed by atoms with Crippen molar-refractivity contribution in [2.45, 2.75) is 6.54 Å². The molecule has 0 saturated carbocycles. The summed E-state index contributed by atoms with van der Waals surface area (Å²) in [5.74, 6) is 2.63. The Kier molecular flexibility index (Phi) is 4.45. The summed E-state index contributed by atoms with van der Waals surface area (Å²) in [5.41, 5.74) is 1.32. The van der Waals surface area contributed by atoms with Gasteiger partial charge < -0.3 is 9.64 Å². The van der Waals surface area contributed by atoms with E-state index in [1.807, 2.05) is 12.1 Å². The van der Waals surface area contributed by atoms with Crippen LogP contribution in [0.1, 0.15) is 5.56 Å². The van der Waals surface area contributed by atoms with Crippen molar-refractivity contribution in [3.63, 3.8) is 0 Å². The summed E-state index contributed by atoms with van der Waals surface area (Å²) >= 11 is 1.66. The molecular formula is C13H18N2OS. The Labute approximate surface area is 107 Å². The van der Waals surface area contributed by atoms with Gasteiger partial charge in [0.15, 0.2) is 0 Å².